The average Bonchev–Trinajstić information content (AvgIpc) is 3.04. The van der Waals surface area contributed by atoms with E-state index in [9.17, 15) is 9.59 Å². The van der Waals surface area contributed by atoms with Crippen molar-refractivity contribution in [2.45, 2.75) is 38.7 Å². The number of hydrogen-bond acceptors (Lipinski definition) is 6. The maximum atomic E-state index is 11.8. The van der Waals surface area contributed by atoms with Crippen molar-refractivity contribution in [2.24, 2.45) is 5.92 Å². The van der Waals surface area contributed by atoms with Crippen LogP contribution < -0.4 is 4.74 Å². The molecule has 0 aromatic carbocycles. The van der Waals surface area contributed by atoms with Gasteiger partial charge in [-0.15, -0.1) is 11.3 Å². The van der Waals surface area contributed by atoms with Crippen LogP contribution in [-0.2, 0) is 9.53 Å². The number of aryl methyl sites for hydroxylation is 1. The van der Waals surface area contributed by atoms with Crippen LogP contribution in [0.4, 0.5) is 0 Å². The molecule has 1 aliphatic rings. The SMILES string of the molecule is COC(=O)[C@H]1CCC[C@H](Oc2ccc(-c3sc(Cl)cc3C=O)nc2C)C1. The van der Waals surface area contributed by atoms with E-state index < -0.39 is 0 Å². The zero-order chi connectivity index (χ0) is 18.7. The van der Waals surface area contributed by atoms with Gasteiger partial charge in [-0.1, -0.05) is 11.6 Å². The van der Waals surface area contributed by atoms with E-state index in [0.717, 1.165) is 36.1 Å². The Kier molecular flexibility index (Phi) is 5.94. The zero-order valence-corrected chi connectivity index (χ0v) is 16.2. The molecule has 5 nitrogen and oxygen atoms in total. The third-order valence-corrected chi connectivity index (χ3v) is 5.88. The number of nitrogens with zero attached hydrogens (tertiary/aromatic N) is 1. The number of halogens is 1. The number of esters is 1. The second-order valence-corrected chi connectivity index (χ2v) is 8.04. The third kappa shape index (κ3) is 4.07. The predicted octanol–water partition coefficient (Wildman–Crippen LogP) is 4.70. The Hall–Kier alpha value is -1.92. The van der Waals surface area contributed by atoms with E-state index in [-0.39, 0.29) is 18.0 Å². The second kappa shape index (κ2) is 8.18. The molecular weight excluding hydrogens is 374 g/mol. The fraction of sp³-hybridized carbons (Fsp3) is 0.421. The maximum Gasteiger partial charge on any atom is 0.308 e. The molecule has 1 fully saturated rings. The minimum atomic E-state index is -0.167. The first-order valence-electron chi connectivity index (χ1n) is 8.48. The van der Waals surface area contributed by atoms with E-state index >= 15 is 0 Å². The van der Waals surface area contributed by atoms with Gasteiger partial charge in [0.05, 0.1) is 39.7 Å². The van der Waals surface area contributed by atoms with E-state index in [1.165, 1.54) is 18.4 Å². The van der Waals surface area contributed by atoms with Crippen molar-refractivity contribution >= 4 is 35.2 Å². The Morgan fingerprint density at radius 2 is 2.19 bits per heavy atom. The van der Waals surface area contributed by atoms with Crippen LogP contribution in [0.5, 0.6) is 5.75 Å². The quantitative estimate of drug-likeness (QED) is 0.544. The molecular formula is C19H20ClNO4S. The smallest absolute Gasteiger partial charge is 0.308 e. The highest BCUT2D eigenvalue weighted by Gasteiger charge is 2.29. The van der Waals surface area contributed by atoms with E-state index in [0.29, 0.717) is 27.8 Å². The predicted molar refractivity (Wildman–Crippen MR) is 101 cm³/mol. The molecule has 0 N–H and O–H groups in total. The summed E-state index contributed by atoms with van der Waals surface area (Å²) in [5.74, 6) is 0.425. The molecule has 1 saturated carbocycles. The Bertz CT molecular complexity index is 820. The molecule has 1 aliphatic carbocycles. The van der Waals surface area contributed by atoms with Gasteiger partial charge >= 0.3 is 5.97 Å². The summed E-state index contributed by atoms with van der Waals surface area (Å²) in [6, 6.07) is 5.34. The van der Waals surface area contributed by atoms with E-state index in [4.69, 9.17) is 21.1 Å². The number of aromatic nitrogens is 1. The van der Waals surface area contributed by atoms with Crippen molar-refractivity contribution in [3.05, 3.63) is 33.8 Å². The van der Waals surface area contributed by atoms with Crippen LogP contribution in [0.1, 0.15) is 41.7 Å². The molecule has 2 aromatic heterocycles. The van der Waals surface area contributed by atoms with Crippen LogP contribution in [0.2, 0.25) is 4.34 Å². The largest absolute Gasteiger partial charge is 0.489 e. The molecule has 0 spiro atoms. The van der Waals surface area contributed by atoms with Crippen molar-refractivity contribution in [1.82, 2.24) is 4.98 Å². The van der Waals surface area contributed by atoms with Gasteiger partial charge in [0, 0.05) is 5.56 Å². The minimum Gasteiger partial charge on any atom is -0.489 e. The molecule has 0 radical (unpaired) electrons. The number of pyridine rings is 1. The summed E-state index contributed by atoms with van der Waals surface area (Å²) in [7, 11) is 1.42. The van der Waals surface area contributed by atoms with Crippen molar-refractivity contribution in [3.8, 4) is 16.3 Å². The fourth-order valence-electron chi connectivity index (χ4n) is 3.27. The Morgan fingerprint density at radius 3 is 2.88 bits per heavy atom. The average molecular weight is 394 g/mol. The van der Waals surface area contributed by atoms with Gasteiger partial charge in [-0.05, 0) is 50.8 Å². The van der Waals surface area contributed by atoms with E-state index in [1.807, 2.05) is 19.1 Å². The van der Waals surface area contributed by atoms with Gasteiger partial charge < -0.3 is 9.47 Å². The number of carbonyl (C=O) groups is 2. The van der Waals surface area contributed by atoms with Gasteiger partial charge in [0.25, 0.3) is 0 Å². The molecule has 0 saturated heterocycles. The van der Waals surface area contributed by atoms with Gasteiger partial charge in [0.15, 0.2) is 6.29 Å². The molecule has 0 amide bonds. The number of thiophene rings is 1. The van der Waals surface area contributed by atoms with Crippen LogP contribution in [0.3, 0.4) is 0 Å². The first-order chi connectivity index (χ1) is 12.5. The lowest BCUT2D eigenvalue weighted by Gasteiger charge is -2.28. The third-order valence-electron chi connectivity index (χ3n) is 4.58. The zero-order valence-electron chi connectivity index (χ0n) is 14.7. The van der Waals surface area contributed by atoms with Crippen LogP contribution in [0.15, 0.2) is 18.2 Å². The van der Waals surface area contributed by atoms with Crippen LogP contribution in [-0.4, -0.2) is 30.5 Å². The van der Waals surface area contributed by atoms with Gasteiger partial charge in [-0.2, -0.15) is 0 Å². The Labute approximate surface area is 161 Å². The first-order valence-corrected chi connectivity index (χ1v) is 9.68. The molecule has 2 atom stereocenters. The number of ether oxygens (including phenoxy) is 2. The number of carbonyl (C=O) groups excluding carboxylic acids is 2. The number of aldehydes is 1. The maximum absolute atomic E-state index is 11.8. The van der Waals surface area contributed by atoms with Crippen molar-refractivity contribution < 1.29 is 19.1 Å². The normalized spacial score (nSPS) is 19.8. The molecule has 138 valence electrons. The minimum absolute atomic E-state index is 0.0269. The lowest BCUT2D eigenvalue weighted by molar-refractivity contribution is -0.147. The monoisotopic (exact) mass is 393 g/mol. The summed E-state index contributed by atoms with van der Waals surface area (Å²) >= 11 is 7.34. The van der Waals surface area contributed by atoms with Crippen molar-refractivity contribution in [1.29, 1.82) is 0 Å². The molecule has 26 heavy (non-hydrogen) atoms. The topological polar surface area (TPSA) is 65.5 Å². The molecule has 0 unspecified atom stereocenters. The molecule has 7 heteroatoms. The summed E-state index contributed by atoms with van der Waals surface area (Å²) < 4.78 is 11.5. The standard InChI is InChI=1S/C19H20ClNO4S/c1-11-16(25-14-5-3-4-12(8-14)19(23)24-2)7-6-15(21-11)18-13(10-22)9-17(20)26-18/h6-7,9-10,12,14H,3-5,8H2,1-2H3/t12-,14-/m0/s1. The molecule has 2 heterocycles. The van der Waals surface area contributed by atoms with Crippen molar-refractivity contribution in [2.75, 3.05) is 7.11 Å². The summed E-state index contributed by atoms with van der Waals surface area (Å²) in [6.07, 6.45) is 4.10. The van der Waals surface area contributed by atoms with Crippen LogP contribution >= 0.6 is 22.9 Å². The molecule has 0 aliphatic heterocycles. The summed E-state index contributed by atoms with van der Waals surface area (Å²) in [5.41, 5.74) is 1.97. The van der Waals surface area contributed by atoms with Gasteiger partial charge in [0.1, 0.15) is 5.75 Å². The summed E-state index contributed by atoms with van der Waals surface area (Å²) in [6.45, 7) is 1.87. The summed E-state index contributed by atoms with van der Waals surface area (Å²) in [4.78, 5) is 28.3. The van der Waals surface area contributed by atoms with Crippen LogP contribution in [0.25, 0.3) is 10.6 Å². The lowest BCUT2D eigenvalue weighted by atomic mass is 9.87. The van der Waals surface area contributed by atoms with Gasteiger partial charge in [0.2, 0.25) is 0 Å². The number of methoxy groups -OCH3 is 1. The highest BCUT2D eigenvalue weighted by atomic mass is 35.5. The van der Waals surface area contributed by atoms with Crippen LogP contribution in [0, 0.1) is 12.8 Å². The number of hydrogen-bond donors (Lipinski definition) is 0. The first kappa shape index (κ1) is 18.9. The lowest BCUT2D eigenvalue weighted by Crippen LogP contribution is -2.30. The second-order valence-electron chi connectivity index (χ2n) is 6.36. The molecule has 0 bridgehead atoms. The Balaban J connectivity index is 1.76. The van der Waals surface area contributed by atoms with Crippen molar-refractivity contribution in [3.63, 3.8) is 0 Å². The van der Waals surface area contributed by atoms with E-state index in [2.05, 4.69) is 4.98 Å². The molecule has 3 rings (SSSR count). The fourth-order valence-corrected chi connectivity index (χ4v) is 4.45. The Morgan fingerprint density at radius 1 is 1.38 bits per heavy atom. The highest BCUT2D eigenvalue weighted by molar-refractivity contribution is 7.19. The highest BCUT2D eigenvalue weighted by Crippen LogP contribution is 2.35. The summed E-state index contributed by atoms with van der Waals surface area (Å²) in [5, 5.41) is 0. The molecule has 2 aromatic rings. The van der Waals surface area contributed by atoms with E-state index in [1.54, 1.807) is 6.07 Å². The number of rotatable bonds is 5. The van der Waals surface area contributed by atoms with Gasteiger partial charge in [-0.3, -0.25) is 9.59 Å². The van der Waals surface area contributed by atoms with Gasteiger partial charge in [-0.25, -0.2) is 4.98 Å².